The fourth-order valence-electron chi connectivity index (χ4n) is 3.10. The second kappa shape index (κ2) is 4.67. The van der Waals surface area contributed by atoms with Crippen LogP contribution >= 0.6 is 23.0 Å². The summed E-state index contributed by atoms with van der Waals surface area (Å²) in [6, 6.07) is 0. The van der Waals surface area contributed by atoms with E-state index in [-0.39, 0.29) is 6.10 Å². The Hall–Kier alpha value is -0.330. The molecule has 0 aromatic carbocycles. The van der Waals surface area contributed by atoms with Gasteiger partial charge in [0.1, 0.15) is 12.4 Å². The van der Waals surface area contributed by atoms with Crippen molar-refractivity contribution in [3.63, 3.8) is 0 Å². The molecule has 2 fully saturated rings. The van der Waals surface area contributed by atoms with Gasteiger partial charge in [-0.25, -0.2) is 4.79 Å². The zero-order chi connectivity index (χ0) is 10.8. The van der Waals surface area contributed by atoms with Crippen molar-refractivity contribution in [1.29, 1.82) is 0 Å². The predicted molar refractivity (Wildman–Crippen MR) is 60.4 cm³/mol. The van der Waals surface area contributed by atoms with Gasteiger partial charge < -0.3 is 12.6 Å². The zero-order valence-corrected chi connectivity index (χ0v) is 10.4. The number of hydrogen-bond donors (Lipinski definition) is 0. The van der Waals surface area contributed by atoms with Gasteiger partial charge in [0.25, 0.3) is 0 Å². The van der Waals surface area contributed by atoms with Gasteiger partial charge in [0.05, 0.1) is 0 Å². The minimum absolute atomic E-state index is 0.0315. The van der Waals surface area contributed by atoms with Crippen LogP contribution in [0.15, 0.2) is 0 Å². The smallest absolute Gasteiger partial charge is 0.430 e. The first-order chi connectivity index (χ1) is 7.24. The summed E-state index contributed by atoms with van der Waals surface area (Å²) in [6.45, 7) is 0. The summed E-state index contributed by atoms with van der Waals surface area (Å²) in [5.41, 5.74) is 0. The third-order valence-electron chi connectivity index (χ3n) is 3.60. The van der Waals surface area contributed by atoms with E-state index in [0.717, 1.165) is 25.5 Å². The zero-order valence-electron chi connectivity index (χ0n) is 8.23. The molecule has 0 radical (unpaired) electrons. The number of carbonyl (C=O) groups excluding carboxylic acids is 2. The molecule has 0 N–H and O–H groups in total. The molecule has 4 unspecified atom stereocenters. The molecule has 0 saturated heterocycles. The average molecular weight is 324 g/mol. The number of rotatable bonds is 3. The van der Waals surface area contributed by atoms with Crippen LogP contribution in [0.5, 0.6) is 0 Å². The normalized spacial score (nSPS) is 37.7. The molecule has 0 heterocycles. The molecular weight excluding hydrogens is 311 g/mol. The van der Waals surface area contributed by atoms with Gasteiger partial charge in [-0.05, 0) is 37.0 Å². The molecule has 0 aliphatic heterocycles. The highest BCUT2D eigenvalue weighted by Crippen LogP contribution is 2.50. The Labute approximate surface area is 102 Å². The molecule has 2 aliphatic rings. The van der Waals surface area contributed by atoms with Crippen LogP contribution in [0.4, 0.5) is 4.79 Å². The van der Waals surface area contributed by atoms with E-state index in [9.17, 15) is 9.59 Å². The van der Waals surface area contributed by atoms with Crippen LogP contribution in [0, 0.1) is 17.8 Å². The first-order valence-corrected chi connectivity index (χ1v) is 6.05. The monoisotopic (exact) mass is 324 g/mol. The van der Waals surface area contributed by atoms with E-state index < -0.39 is 6.16 Å². The van der Waals surface area contributed by atoms with Crippen LogP contribution in [0.1, 0.15) is 25.7 Å². The predicted octanol–water partition coefficient (Wildman–Crippen LogP) is 2.49. The summed E-state index contributed by atoms with van der Waals surface area (Å²) < 4.78 is 9.64. The van der Waals surface area contributed by atoms with Gasteiger partial charge in [-0.2, -0.15) is 0 Å². The van der Waals surface area contributed by atoms with Crippen LogP contribution in [-0.4, -0.2) is 18.5 Å². The third kappa shape index (κ3) is 2.26. The Morgan fingerprint density at radius 2 is 2.20 bits per heavy atom. The Morgan fingerprint density at radius 1 is 1.40 bits per heavy atom. The number of hydrogen-bond acceptors (Lipinski definition) is 4. The molecule has 4 nitrogen and oxygen atoms in total. The minimum atomic E-state index is -0.613. The molecular formula is C10H13IO4. The van der Waals surface area contributed by atoms with Gasteiger partial charge in [-0.1, -0.05) is 0 Å². The highest BCUT2D eigenvalue weighted by atomic mass is 127. The summed E-state index contributed by atoms with van der Waals surface area (Å²) in [5.74, 6) is 1.41. The van der Waals surface area contributed by atoms with E-state index >= 15 is 0 Å². The maximum absolute atomic E-state index is 11.0. The summed E-state index contributed by atoms with van der Waals surface area (Å²) in [5, 5.41) is 0. The van der Waals surface area contributed by atoms with Crippen LogP contribution in [-0.2, 0) is 12.6 Å². The van der Waals surface area contributed by atoms with Gasteiger partial charge in [0.2, 0.25) is 0 Å². The molecule has 0 amide bonds. The first-order valence-electron chi connectivity index (χ1n) is 5.17. The van der Waals surface area contributed by atoms with Gasteiger partial charge in [-0.3, -0.25) is 0 Å². The van der Waals surface area contributed by atoms with Crippen molar-refractivity contribution in [2.45, 2.75) is 31.8 Å². The van der Waals surface area contributed by atoms with E-state index in [1.165, 1.54) is 23.0 Å². The van der Waals surface area contributed by atoms with Crippen molar-refractivity contribution in [3.05, 3.63) is 0 Å². The van der Waals surface area contributed by atoms with Crippen molar-refractivity contribution in [1.82, 2.24) is 0 Å². The maximum atomic E-state index is 11.0. The average Bonchev–Trinajstić information content (AvgIpc) is 2.77. The van der Waals surface area contributed by atoms with E-state index in [2.05, 4.69) is 3.07 Å². The molecule has 4 atom stereocenters. The van der Waals surface area contributed by atoms with Crippen molar-refractivity contribution >= 4 is 35.4 Å². The lowest BCUT2D eigenvalue weighted by Crippen LogP contribution is -2.29. The minimum Gasteiger partial charge on any atom is -0.430 e. The Bertz CT molecular complexity index is 268. The fourth-order valence-corrected chi connectivity index (χ4v) is 3.20. The maximum Gasteiger partial charge on any atom is 0.518 e. The van der Waals surface area contributed by atoms with Crippen molar-refractivity contribution in [2.75, 3.05) is 0 Å². The lowest BCUT2D eigenvalue weighted by atomic mass is 9.85. The van der Waals surface area contributed by atoms with Gasteiger partial charge in [0.15, 0.2) is 23.0 Å². The summed E-state index contributed by atoms with van der Waals surface area (Å²) in [7, 11) is 0. The standard InChI is InChI=1S/C10H13IO4/c11-15-10(13)14-9-5-6-3-7(1-2-12)8(9)4-6/h2,6-9H,1,3-5H2. The molecule has 2 bridgehead atoms. The van der Waals surface area contributed by atoms with Gasteiger partial charge in [-0.15, -0.1) is 0 Å². The third-order valence-corrected chi connectivity index (χ3v) is 3.96. The molecule has 5 heteroatoms. The SMILES string of the molecule is O=CCC1CC2CC(OC(=O)OI)C1C2. The summed E-state index contributed by atoms with van der Waals surface area (Å²) in [6.07, 6.45) is 4.07. The summed E-state index contributed by atoms with van der Waals surface area (Å²) >= 11 is 1.52. The Kier molecular flexibility index (Phi) is 3.48. The first kappa shape index (κ1) is 11.2. The van der Waals surface area contributed by atoms with E-state index in [1.54, 1.807) is 0 Å². The second-order valence-electron chi connectivity index (χ2n) is 4.38. The number of fused-ring (bicyclic) bond motifs is 2. The molecule has 84 valence electrons. The van der Waals surface area contributed by atoms with E-state index in [4.69, 9.17) is 4.74 Å². The van der Waals surface area contributed by atoms with Crippen molar-refractivity contribution in [3.8, 4) is 0 Å². The Morgan fingerprint density at radius 3 is 2.80 bits per heavy atom. The lowest BCUT2D eigenvalue weighted by molar-refractivity contribution is -0.109. The highest BCUT2D eigenvalue weighted by Gasteiger charge is 2.47. The quantitative estimate of drug-likeness (QED) is 0.455. The number of aldehydes is 1. The van der Waals surface area contributed by atoms with Gasteiger partial charge in [0, 0.05) is 6.42 Å². The van der Waals surface area contributed by atoms with Crippen LogP contribution in [0.25, 0.3) is 0 Å². The second-order valence-corrected chi connectivity index (χ2v) is 4.82. The topological polar surface area (TPSA) is 52.6 Å². The van der Waals surface area contributed by atoms with E-state index in [1.807, 2.05) is 0 Å². The van der Waals surface area contributed by atoms with E-state index in [0.29, 0.717) is 24.2 Å². The molecule has 0 aromatic rings. The number of carbonyl (C=O) groups is 2. The largest absolute Gasteiger partial charge is 0.518 e. The van der Waals surface area contributed by atoms with Crippen LogP contribution < -0.4 is 0 Å². The van der Waals surface area contributed by atoms with Crippen molar-refractivity contribution in [2.24, 2.45) is 17.8 Å². The van der Waals surface area contributed by atoms with Crippen LogP contribution in [0.3, 0.4) is 0 Å². The molecule has 15 heavy (non-hydrogen) atoms. The molecule has 2 aliphatic carbocycles. The lowest BCUT2D eigenvalue weighted by Gasteiger charge is -2.27. The molecule has 0 spiro atoms. The summed E-state index contributed by atoms with van der Waals surface area (Å²) in [4.78, 5) is 21.5. The molecule has 2 rings (SSSR count). The highest BCUT2D eigenvalue weighted by molar-refractivity contribution is 14.1. The van der Waals surface area contributed by atoms with Crippen molar-refractivity contribution < 1.29 is 17.4 Å². The van der Waals surface area contributed by atoms with Gasteiger partial charge >= 0.3 is 6.16 Å². The number of halogens is 1. The molecule has 2 saturated carbocycles. The Balaban J connectivity index is 1.93. The fraction of sp³-hybridized carbons (Fsp3) is 0.800. The number of ether oxygens (including phenoxy) is 1. The van der Waals surface area contributed by atoms with Crippen LogP contribution in [0.2, 0.25) is 0 Å². The molecule has 0 aromatic heterocycles.